The third-order valence-electron chi connectivity index (χ3n) is 6.77. The van der Waals surface area contributed by atoms with E-state index in [9.17, 15) is 18.3 Å². The number of benzene rings is 2. The van der Waals surface area contributed by atoms with Crippen LogP contribution in [-0.2, 0) is 28.4 Å². The second-order valence-electron chi connectivity index (χ2n) is 9.57. The Kier molecular flexibility index (Phi) is 8.50. The molecule has 1 aliphatic rings. The molecule has 1 unspecified atom stereocenters. The standard InChI is InChI=1S/C28H31ClN4O4S/c1-19-7-5-4-6-8-23(12-9-19)38(36,37)32(2)18-22-15-20(10-13-25(22)29)24(17-28(34)35)21-11-14-27-26(16-21)30-31-33(27)3/h8-16,24H,1,4-7,17-18H2,2-3H3,(H,34,35)/b12-9-,23-8+. The van der Waals surface area contributed by atoms with Crippen LogP contribution in [0.25, 0.3) is 11.0 Å². The number of hydrogen-bond donors (Lipinski definition) is 1. The van der Waals surface area contributed by atoms with Crippen molar-refractivity contribution in [1.29, 1.82) is 0 Å². The van der Waals surface area contributed by atoms with E-state index in [1.54, 1.807) is 48.2 Å². The Hall–Kier alpha value is -3.27. The molecule has 0 radical (unpaired) electrons. The minimum atomic E-state index is -3.79. The van der Waals surface area contributed by atoms with E-state index in [1.807, 2.05) is 18.2 Å². The lowest BCUT2D eigenvalue weighted by atomic mass is 9.87. The minimum absolute atomic E-state index is 0.0319. The third kappa shape index (κ3) is 6.23. The van der Waals surface area contributed by atoms with Gasteiger partial charge in [0.1, 0.15) is 5.52 Å². The molecular formula is C28H31ClN4O4S. The number of aryl methyl sites for hydroxylation is 1. The van der Waals surface area contributed by atoms with Gasteiger partial charge in [-0.15, -0.1) is 5.10 Å². The number of halogens is 1. The lowest BCUT2D eigenvalue weighted by Gasteiger charge is -2.21. The summed E-state index contributed by atoms with van der Waals surface area (Å²) in [7, 11) is -0.475. The van der Waals surface area contributed by atoms with E-state index in [0.29, 0.717) is 22.5 Å². The van der Waals surface area contributed by atoms with Gasteiger partial charge in [0.2, 0.25) is 10.0 Å². The Bertz CT molecular complexity index is 1540. The Morgan fingerprint density at radius 3 is 2.68 bits per heavy atom. The van der Waals surface area contributed by atoms with Crippen molar-refractivity contribution in [3.63, 3.8) is 0 Å². The van der Waals surface area contributed by atoms with Crippen molar-refractivity contribution in [2.45, 2.75) is 44.6 Å². The van der Waals surface area contributed by atoms with Crippen molar-refractivity contribution in [2.75, 3.05) is 7.05 Å². The third-order valence-corrected chi connectivity index (χ3v) is 8.99. The van der Waals surface area contributed by atoms with E-state index in [4.69, 9.17) is 11.6 Å². The second-order valence-corrected chi connectivity index (χ2v) is 12.0. The van der Waals surface area contributed by atoms with Gasteiger partial charge in [0.25, 0.3) is 0 Å². The summed E-state index contributed by atoms with van der Waals surface area (Å²) >= 11 is 6.50. The van der Waals surface area contributed by atoms with Crippen molar-refractivity contribution in [3.05, 3.63) is 93.4 Å². The molecule has 0 saturated carbocycles. The average Bonchev–Trinajstić information content (AvgIpc) is 3.29. The zero-order valence-electron chi connectivity index (χ0n) is 21.5. The van der Waals surface area contributed by atoms with Crippen LogP contribution in [0, 0.1) is 0 Å². The van der Waals surface area contributed by atoms with E-state index in [0.717, 1.165) is 41.5 Å². The zero-order valence-corrected chi connectivity index (χ0v) is 23.0. The Labute approximate surface area is 228 Å². The summed E-state index contributed by atoms with van der Waals surface area (Å²) in [5, 5.41) is 18.2. The maximum Gasteiger partial charge on any atom is 0.304 e. The molecule has 0 fully saturated rings. The molecule has 2 aromatic carbocycles. The van der Waals surface area contributed by atoms with Crippen LogP contribution < -0.4 is 0 Å². The van der Waals surface area contributed by atoms with Crippen molar-refractivity contribution in [1.82, 2.24) is 19.3 Å². The fraction of sp³-hybridized carbons (Fsp3) is 0.321. The van der Waals surface area contributed by atoms with Crippen LogP contribution in [0.1, 0.15) is 54.7 Å². The fourth-order valence-corrected chi connectivity index (χ4v) is 6.01. The van der Waals surface area contributed by atoms with Gasteiger partial charge in [0.15, 0.2) is 0 Å². The first kappa shape index (κ1) is 27.8. The van der Waals surface area contributed by atoms with E-state index in [1.165, 1.54) is 11.4 Å². The molecule has 8 nitrogen and oxygen atoms in total. The number of carboxylic acid groups (broad SMARTS) is 1. The van der Waals surface area contributed by atoms with Gasteiger partial charge in [-0.3, -0.25) is 4.79 Å². The van der Waals surface area contributed by atoms with Crippen LogP contribution in [0.3, 0.4) is 0 Å². The van der Waals surface area contributed by atoms with Gasteiger partial charge in [-0.1, -0.05) is 59.3 Å². The number of allylic oxidation sites excluding steroid dienone is 4. The number of hydrogen-bond acceptors (Lipinski definition) is 5. The Morgan fingerprint density at radius 2 is 1.92 bits per heavy atom. The Balaban J connectivity index is 1.65. The van der Waals surface area contributed by atoms with Crippen molar-refractivity contribution in [3.8, 4) is 0 Å². The minimum Gasteiger partial charge on any atom is -0.481 e. The molecular weight excluding hydrogens is 524 g/mol. The molecule has 0 aliphatic heterocycles. The van der Waals surface area contributed by atoms with E-state index in [-0.39, 0.29) is 17.9 Å². The number of nitrogens with zero attached hydrogens (tertiary/aromatic N) is 4. The highest BCUT2D eigenvalue weighted by Gasteiger charge is 2.25. The van der Waals surface area contributed by atoms with Gasteiger partial charge in [-0.2, -0.15) is 4.31 Å². The summed E-state index contributed by atoms with van der Waals surface area (Å²) in [4.78, 5) is 12.0. The highest BCUT2D eigenvalue weighted by molar-refractivity contribution is 7.93. The number of aromatic nitrogens is 3. The van der Waals surface area contributed by atoms with Gasteiger partial charge in [0.05, 0.1) is 16.8 Å². The normalized spacial score (nSPS) is 17.9. The lowest BCUT2D eigenvalue weighted by Crippen LogP contribution is -2.27. The molecule has 4 rings (SSSR count). The summed E-state index contributed by atoms with van der Waals surface area (Å²) in [5.74, 6) is -1.44. The number of carbonyl (C=O) groups is 1. The second kappa shape index (κ2) is 11.6. The van der Waals surface area contributed by atoms with Gasteiger partial charge in [-0.05, 0) is 66.6 Å². The largest absolute Gasteiger partial charge is 0.481 e. The predicted molar refractivity (Wildman–Crippen MR) is 149 cm³/mol. The molecule has 1 atom stereocenters. The molecule has 200 valence electrons. The summed E-state index contributed by atoms with van der Waals surface area (Å²) in [6.07, 6.45) is 8.35. The average molecular weight is 555 g/mol. The number of rotatable bonds is 8. The molecule has 1 aromatic heterocycles. The maximum atomic E-state index is 13.4. The molecule has 3 aromatic rings. The highest BCUT2D eigenvalue weighted by atomic mass is 35.5. The van der Waals surface area contributed by atoms with Gasteiger partial charge < -0.3 is 5.11 Å². The first-order valence-corrected chi connectivity index (χ1v) is 14.2. The van der Waals surface area contributed by atoms with Crippen LogP contribution in [0.4, 0.5) is 0 Å². The number of aliphatic carboxylic acids is 1. The van der Waals surface area contributed by atoms with E-state index >= 15 is 0 Å². The topological polar surface area (TPSA) is 105 Å². The van der Waals surface area contributed by atoms with Gasteiger partial charge in [-0.25, -0.2) is 13.1 Å². The lowest BCUT2D eigenvalue weighted by molar-refractivity contribution is -0.137. The molecule has 0 amide bonds. The number of carboxylic acids is 1. The van der Waals surface area contributed by atoms with Gasteiger partial charge in [0, 0.05) is 31.6 Å². The quantitative estimate of drug-likeness (QED) is 0.391. The van der Waals surface area contributed by atoms with Crippen molar-refractivity contribution >= 4 is 38.6 Å². The number of fused-ring (bicyclic) bond motifs is 1. The van der Waals surface area contributed by atoms with Crippen LogP contribution in [0.5, 0.6) is 0 Å². The molecule has 1 aliphatic carbocycles. The number of sulfonamides is 1. The van der Waals surface area contributed by atoms with E-state index < -0.39 is 21.9 Å². The molecule has 0 bridgehead atoms. The first-order chi connectivity index (χ1) is 18.1. The van der Waals surface area contributed by atoms with Crippen LogP contribution in [-0.4, -0.2) is 45.8 Å². The summed E-state index contributed by atoms with van der Waals surface area (Å²) in [5.41, 5.74) is 4.48. The van der Waals surface area contributed by atoms with Crippen LogP contribution in [0.15, 0.2) is 71.7 Å². The maximum absolute atomic E-state index is 13.4. The SMILES string of the molecule is C=C1/C=C\C(S(=O)(=O)N(C)Cc2cc(C(CC(=O)O)c3ccc4c(c3)nnn4C)ccc2Cl)=C/CCCC1. The molecule has 10 heteroatoms. The molecule has 0 saturated heterocycles. The molecule has 1 heterocycles. The monoisotopic (exact) mass is 554 g/mol. The van der Waals surface area contributed by atoms with Crippen LogP contribution in [0.2, 0.25) is 5.02 Å². The van der Waals surface area contributed by atoms with Crippen molar-refractivity contribution < 1.29 is 18.3 Å². The summed E-state index contributed by atoms with van der Waals surface area (Å²) in [6, 6.07) is 10.8. The van der Waals surface area contributed by atoms with Crippen molar-refractivity contribution in [2.24, 2.45) is 7.05 Å². The highest BCUT2D eigenvalue weighted by Crippen LogP contribution is 2.33. The van der Waals surface area contributed by atoms with E-state index in [2.05, 4.69) is 16.9 Å². The fourth-order valence-electron chi connectivity index (χ4n) is 4.60. The first-order valence-electron chi connectivity index (χ1n) is 12.4. The Morgan fingerprint density at radius 1 is 1.18 bits per heavy atom. The summed E-state index contributed by atoms with van der Waals surface area (Å²) < 4.78 is 29.8. The molecule has 1 N–H and O–H groups in total. The zero-order chi connectivity index (χ0) is 27.4. The predicted octanol–water partition coefficient (Wildman–Crippen LogP) is 5.56. The van der Waals surface area contributed by atoms with Crippen LogP contribution >= 0.6 is 11.6 Å². The molecule has 38 heavy (non-hydrogen) atoms. The van der Waals surface area contributed by atoms with Gasteiger partial charge >= 0.3 is 5.97 Å². The molecule has 0 spiro atoms. The summed E-state index contributed by atoms with van der Waals surface area (Å²) in [6.45, 7) is 4.03. The smallest absolute Gasteiger partial charge is 0.304 e.